The van der Waals surface area contributed by atoms with E-state index in [2.05, 4.69) is 10.6 Å². The van der Waals surface area contributed by atoms with Crippen LogP contribution in [0.15, 0.2) is 84.9 Å². The molecule has 0 aromatic heterocycles. The highest BCUT2D eigenvalue weighted by molar-refractivity contribution is 5.92. The Morgan fingerprint density at radius 1 is 0.800 bits per heavy atom. The highest BCUT2D eigenvalue weighted by atomic mass is 19.1. The zero-order valence-electron chi connectivity index (χ0n) is 13.7. The second kappa shape index (κ2) is 8.22. The highest BCUT2D eigenvalue weighted by Crippen LogP contribution is 2.21. The maximum absolute atomic E-state index is 13.6. The molecule has 2 N–H and O–H groups in total. The van der Waals surface area contributed by atoms with E-state index >= 15 is 0 Å². The zero-order valence-corrected chi connectivity index (χ0v) is 13.7. The van der Waals surface area contributed by atoms with Gasteiger partial charge in [0.05, 0.1) is 18.3 Å². The van der Waals surface area contributed by atoms with Crippen LogP contribution < -0.4 is 10.6 Å². The number of halogens is 1. The minimum absolute atomic E-state index is 0.0722. The summed E-state index contributed by atoms with van der Waals surface area (Å²) in [4.78, 5) is 12.2. The second-order valence-electron chi connectivity index (χ2n) is 5.66. The van der Waals surface area contributed by atoms with Crippen molar-refractivity contribution in [3.05, 3.63) is 102 Å². The van der Waals surface area contributed by atoms with E-state index in [1.807, 2.05) is 60.7 Å². The van der Waals surface area contributed by atoms with Crippen molar-refractivity contribution in [2.45, 2.75) is 6.04 Å². The van der Waals surface area contributed by atoms with Crippen LogP contribution in [0.4, 0.5) is 10.1 Å². The van der Waals surface area contributed by atoms with Crippen LogP contribution >= 0.6 is 0 Å². The Morgan fingerprint density at radius 3 is 1.88 bits per heavy atom. The van der Waals surface area contributed by atoms with Gasteiger partial charge in [-0.2, -0.15) is 0 Å². The summed E-state index contributed by atoms with van der Waals surface area (Å²) in [7, 11) is 0. The fraction of sp³-hybridized carbons (Fsp3) is 0.0952. The Balaban J connectivity index is 1.71. The van der Waals surface area contributed by atoms with Crippen molar-refractivity contribution in [1.29, 1.82) is 0 Å². The number of carbonyl (C=O) groups is 1. The Kier molecular flexibility index (Phi) is 5.54. The molecular formula is C21H19FN2O. The van der Waals surface area contributed by atoms with Crippen molar-refractivity contribution in [2.24, 2.45) is 0 Å². The van der Waals surface area contributed by atoms with Gasteiger partial charge < -0.3 is 5.32 Å². The number of para-hydroxylation sites is 1. The lowest BCUT2D eigenvalue weighted by Gasteiger charge is -2.19. The molecule has 126 valence electrons. The lowest BCUT2D eigenvalue weighted by molar-refractivity contribution is -0.115. The van der Waals surface area contributed by atoms with Crippen LogP contribution in [-0.4, -0.2) is 12.5 Å². The third-order valence-corrected chi connectivity index (χ3v) is 3.88. The molecule has 0 unspecified atom stereocenters. The molecule has 3 rings (SSSR count). The number of hydrogen-bond acceptors (Lipinski definition) is 2. The van der Waals surface area contributed by atoms with Gasteiger partial charge in [-0.1, -0.05) is 72.8 Å². The summed E-state index contributed by atoms with van der Waals surface area (Å²) in [5, 5.41) is 5.85. The molecule has 3 aromatic rings. The van der Waals surface area contributed by atoms with Crippen molar-refractivity contribution < 1.29 is 9.18 Å². The van der Waals surface area contributed by atoms with Crippen molar-refractivity contribution in [3.8, 4) is 0 Å². The quantitative estimate of drug-likeness (QED) is 0.711. The number of benzene rings is 3. The fourth-order valence-corrected chi connectivity index (χ4v) is 2.67. The Labute approximate surface area is 146 Å². The fourth-order valence-electron chi connectivity index (χ4n) is 2.67. The van der Waals surface area contributed by atoms with E-state index in [1.54, 1.807) is 18.2 Å². The van der Waals surface area contributed by atoms with Crippen LogP contribution in [-0.2, 0) is 4.79 Å². The average molecular weight is 334 g/mol. The topological polar surface area (TPSA) is 41.1 Å². The first-order valence-electron chi connectivity index (χ1n) is 8.11. The van der Waals surface area contributed by atoms with Crippen LogP contribution in [0, 0.1) is 5.82 Å². The number of anilines is 1. The number of nitrogens with one attached hydrogen (secondary N) is 2. The smallest absolute Gasteiger partial charge is 0.238 e. The molecule has 0 bridgehead atoms. The number of amides is 1. The van der Waals surface area contributed by atoms with E-state index in [-0.39, 0.29) is 24.2 Å². The van der Waals surface area contributed by atoms with Crippen molar-refractivity contribution in [3.63, 3.8) is 0 Å². The van der Waals surface area contributed by atoms with Gasteiger partial charge in [-0.3, -0.25) is 10.1 Å². The second-order valence-corrected chi connectivity index (χ2v) is 5.66. The molecule has 25 heavy (non-hydrogen) atoms. The van der Waals surface area contributed by atoms with Crippen LogP contribution in [0.25, 0.3) is 0 Å². The first kappa shape index (κ1) is 16.9. The molecule has 0 saturated carbocycles. The summed E-state index contributed by atoms with van der Waals surface area (Å²) in [5.41, 5.74) is 2.31. The minimum atomic E-state index is -0.446. The Hall–Kier alpha value is -2.98. The number of rotatable bonds is 6. The van der Waals surface area contributed by atoms with Gasteiger partial charge in [-0.05, 0) is 23.3 Å². The first-order chi connectivity index (χ1) is 12.2. The highest BCUT2D eigenvalue weighted by Gasteiger charge is 2.15. The molecule has 0 atom stereocenters. The standard InChI is InChI=1S/C21H19FN2O/c22-18-13-7-8-14-19(18)24-20(25)15-23-21(16-9-3-1-4-10-16)17-11-5-2-6-12-17/h1-14,21,23H,15H2,(H,24,25). The molecule has 0 aliphatic rings. The van der Waals surface area contributed by atoms with E-state index in [1.165, 1.54) is 6.07 Å². The lowest BCUT2D eigenvalue weighted by atomic mass is 9.99. The van der Waals surface area contributed by atoms with E-state index in [0.29, 0.717) is 0 Å². The normalized spacial score (nSPS) is 10.6. The molecule has 0 fully saturated rings. The van der Waals surface area contributed by atoms with Gasteiger partial charge in [-0.25, -0.2) is 4.39 Å². The zero-order chi connectivity index (χ0) is 17.5. The van der Waals surface area contributed by atoms with Gasteiger partial charge in [0.1, 0.15) is 5.82 Å². The molecule has 0 aliphatic carbocycles. The molecule has 0 spiro atoms. The summed E-state index contributed by atoms with van der Waals surface area (Å²) in [6, 6.07) is 25.8. The Bertz CT molecular complexity index is 782. The van der Waals surface area contributed by atoms with Gasteiger partial charge >= 0.3 is 0 Å². The van der Waals surface area contributed by atoms with E-state index in [9.17, 15) is 9.18 Å². The summed E-state index contributed by atoms with van der Waals surface area (Å²) < 4.78 is 13.6. The molecule has 4 heteroatoms. The summed E-state index contributed by atoms with van der Waals surface area (Å²) in [6.45, 7) is 0.0722. The van der Waals surface area contributed by atoms with Crippen LogP contribution in [0.5, 0.6) is 0 Å². The first-order valence-corrected chi connectivity index (χ1v) is 8.11. The predicted molar refractivity (Wildman–Crippen MR) is 97.8 cm³/mol. The molecule has 0 aliphatic heterocycles. The van der Waals surface area contributed by atoms with Crippen LogP contribution in [0.1, 0.15) is 17.2 Å². The van der Waals surface area contributed by atoms with Crippen molar-refractivity contribution in [1.82, 2.24) is 5.32 Å². The lowest BCUT2D eigenvalue weighted by Crippen LogP contribution is -2.32. The number of carbonyl (C=O) groups excluding carboxylic acids is 1. The molecule has 0 saturated heterocycles. The minimum Gasteiger partial charge on any atom is -0.322 e. The molecule has 3 nitrogen and oxygen atoms in total. The SMILES string of the molecule is O=C(CNC(c1ccccc1)c1ccccc1)Nc1ccccc1F. The third kappa shape index (κ3) is 4.52. The predicted octanol–water partition coefficient (Wildman–Crippen LogP) is 4.14. The summed E-state index contributed by atoms with van der Waals surface area (Å²) in [6.07, 6.45) is 0. The average Bonchev–Trinajstić information content (AvgIpc) is 2.66. The monoisotopic (exact) mass is 334 g/mol. The van der Waals surface area contributed by atoms with Crippen LogP contribution in [0.2, 0.25) is 0 Å². The number of hydrogen-bond donors (Lipinski definition) is 2. The van der Waals surface area contributed by atoms with Crippen molar-refractivity contribution in [2.75, 3.05) is 11.9 Å². The third-order valence-electron chi connectivity index (χ3n) is 3.88. The molecule has 3 aromatic carbocycles. The molecule has 0 radical (unpaired) electrons. The van der Waals surface area contributed by atoms with E-state index in [4.69, 9.17) is 0 Å². The van der Waals surface area contributed by atoms with E-state index in [0.717, 1.165) is 11.1 Å². The summed E-state index contributed by atoms with van der Waals surface area (Å²) >= 11 is 0. The molecule has 1 amide bonds. The summed E-state index contributed by atoms with van der Waals surface area (Å²) in [5.74, 6) is -0.736. The molecule has 0 heterocycles. The van der Waals surface area contributed by atoms with Gasteiger partial charge in [0.15, 0.2) is 0 Å². The van der Waals surface area contributed by atoms with Crippen molar-refractivity contribution >= 4 is 11.6 Å². The largest absolute Gasteiger partial charge is 0.322 e. The van der Waals surface area contributed by atoms with Gasteiger partial charge in [0.25, 0.3) is 0 Å². The Morgan fingerprint density at radius 2 is 1.32 bits per heavy atom. The van der Waals surface area contributed by atoms with Gasteiger partial charge in [-0.15, -0.1) is 0 Å². The van der Waals surface area contributed by atoms with Crippen LogP contribution in [0.3, 0.4) is 0 Å². The molecular weight excluding hydrogens is 315 g/mol. The van der Waals surface area contributed by atoms with Gasteiger partial charge in [0, 0.05) is 0 Å². The van der Waals surface area contributed by atoms with Gasteiger partial charge in [0.2, 0.25) is 5.91 Å². The van der Waals surface area contributed by atoms with E-state index < -0.39 is 5.82 Å². The maximum atomic E-state index is 13.6. The maximum Gasteiger partial charge on any atom is 0.238 e.